The van der Waals surface area contributed by atoms with E-state index in [-0.39, 0.29) is 17.7 Å². The van der Waals surface area contributed by atoms with E-state index in [4.69, 9.17) is 4.74 Å². The van der Waals surface area contributed by atoms with Crippen LogP contribution in [0.4, 0.5) is 10.5 Å². The summed E-state index contributed by atoms with van der Waals surface area (Å²) < 4.78 is 5.46. The largest absolute Gasteiger partial charge is 0.444 e. The van der Waals surface area contributed by atoms with E-state index in [0.717, 1.165) is 17.5 Å². The molecule has 2 aromatic rings. The number of carbonyl (C=O) groups excluding carboxylic acids is 3. The number of hydrogen-bond donors (Lipinski definition) is 2. The highest BCUT2D eigenvalue weighted by Gasteiger charge is 2.36. The Morgan fingerprint density at radius 1 is 0.974 bits per heavy atom. The number of anilines is 1. The van der Waals surface area contributed by atoms with Crippen molar-refractivity contribution in [1.29, 1.82) is 0 Å². The number of ether oxygens (including phenoxy) is 1. The molecule has 0 radical (unpaired) electrons. The van der Waals surface area contributed by atoms with Crippen LogP contribution in [-0.4, -0.2) is 41.0 Å². The lowest BCUT2D eigenvalue weighted by Gasteiger charge is -2.35. The van der Waals surface area contributed by atoms with Gasteiger partial charge in [-0.15, -0.1) is 0 Å². The molecule has 0 aromatic heterocycles. The topological polar surface area (TPSA) is 87.7 Å². The van der Waals surface area contributed by atoms with Gasteiger partial charge in [0, 0.05) is 12.2 Å². The molecule has 7 nitrogen and oxygen atoms in total. The van der Waals surface area contributed by atoms with Crippen LogP contribution in [0.3, 0.4) is 0 Å². The molecule has 7 heteroatoms. The third-order valence-electron chi connectivity index (χ3n) is 6.09. The number of unbranched alkanes of at least 4 members (excludes halogenated alkanes) is 1. The second kappa shape index (κ2) is 14.0. The minimum atomic E-state index is -0.871. The first-order valence-electron chi connectivity index (χ1n) is 13.6. The van der Waals surface area contributed by atoms with Crippen LogP contribution < -0.4 is 10.6 Å². The fourth-order valence-corrected chi connectivity index (χ4v) is 4.17. The van der Waals surface area contributed by atoms with Crippen LogP contribution in [0.5, 0.6) is 0 Å². The molecule has 2 aromatic carbocycles. The van der Waals surface area contributed by atoms with E-state index in [1.807, 2.05) is 83.1 Å². The van der Waals surface area contributed by atoms with Crippen molar-refractivity contribution in [2.24, 2.45) is 5.92 Å². The minimum absolute atomic E-state index is 0.130. The van der Waals surface area contributed by atoms with Gasteiger partial charge in [-0.2, -0.15) is 0 Å². The maximum Gasteiger partial charge on any atom is 0.408 e. The van der Waals surface area contributed by atoms with Crippen LogP contribution in [0.25, 0.3) is 0 Å². The number of benzene rings is 2. The Hall–Kier alpha value is -3.35. The first kappa shape index (κ1) is 30.9. The van der Waals surface area contributed by atoms with Crippen LogP contribution in [0, 0.1) is 19.8 Å². The summed E-state index contributed by atoms with van der Waals surface area (Å²) in [6.07, 6.45) is 1.33. The molecule has 0 aliphatic carbocycles. The average molecular weight is 524 g/mol. The van der Waals surface area contributed by atoms with Gasteiger partial charge in [-0.3, -0.25) is 9.59 Å². The van der Waals surface area contributed by atoms with Crippen molar-refractivity contribution in [3.05, 3.63) is 65.2 Å². The summed E-state index contributed by atoms with van der Waals surface area (Å²) in [6, 6.07) is 13.5. The Morgan fingerprint density at radius 3 is 2.16 bits per heavy atom. The lowest BCUT2D eigenvalue weighted by atomic mass is 9.98. The number of rotatable bonds is 11. The molecule has 0 aliphatic heterocycles. The van der Waals surface area contributed by atoms with Crippen molar-refractivity contribution in [2.45, 2.75) is 92.3 Å². The number of nitrogens with one attached hydrogen (secondary N) is 2. The Labute approximate surface area is 228 Å². The number of hydrogen-bond acceptors (Lipinski definition) is 4. The number of aryl methyl sites for hydroxylation is 2. The van der Waals surface area contributed by atoms with E-state index in [1.54, 1.807) is 25.7 Å². The van der Waals surface area contributed by atoms with Crippen LogP contribution in [0.2, 0.25) is 0 Å². The number of carbonyl (C=O) groups is 3. The normalized spacial score (nSPS) is 13.0. The molecule has 2 unspecified atom stereocenters. The maximum absolute atomic E-state index is 14.2. The van der Waals surface area contributed by atoms with Crippen molar-refractivity contribution in [2.75, 3.05) is 11.9 Å². The highest BCUT2D eigenvalue weighted by atomic mass is 16.6. The number of amides is 3. The van der Waals surface area contributed by atoms with Gasteiger partial charge in [0.1, 0.15) is 17.7 Å². The fraction of sp³-hybridized carbons (Fsp3) is 0.516. The quantitative estimate of drug-likeness (QED) is 0.350. The standard InChI is InChI=1S/C31H45N3O4/c1-9-10-19-34(29(36)26(20-21(2)3)33-30(37)38-31(6,7)8)27(24-17-15-22(4)16-18-24)28(35)32-25-14-12-11-13-23(25)5/h11-18,21,26-27H,9-10,19-20H2,1-8H3,(H,32,35)(H,33,37). The van der Waals surface area contributed by atoms with Crippen LogP contribution in [0.15, 0.2) is 48.5 Å². The van der Waals surface area contributed by atoms with Gasteiger partial charge in [0.05, 0.1) is 0 Å². The fourth-order valence-electron chi connectivity index (χ4n) is 4.17. The summed E-state index contributed by atoms with van der Waals surface area (Å²) in [5.74, 6) is -0.470. The van der Waals surface area contributed by atoms with E-state index in [9.17, 15) is 14.4 Å². The van der Waals surface area contributed by atoms with Gasteiger partial charge in [-0.25, -0.2) is 4.79 Å². The molecule has 2 rings (SSSR count). The first-order valence-corrected chi connectivity index (χ1v) is 13.6. The van der Waals surface area contributed by atoms with E-state index < -0.39 is 23.8 Å². The Bertz CT molecular complexity index is 1070. The minimum Gasteiger partial charge on any atom is -0.444 e. The molecule has 0 saturated heterocycles. The van der Waals surface area contributed by atoms with Gasteiger partial charge in [-0.1, -0.05) is 75.2 Å². The maximum atomic E-state index is 14.2. The van der Waals surface area contributed by atoms with E-state index in [0.29, 0.717) is 30.6 Å². The van der Waals surface area contributed by atoms with Crippen LogP contribution in [0.1, 0.15) is 83.5 Å². The molecule has 0 fully saturated rings. The number of alkyl carbamates (subject to hydrolysis) is 1. The van der Waals surface area contributed by atoms with Gasteiger partial charge in [0.15, 0.2) is 0 Å². The Morgan fingerprint density at radius 2 is 1.61 bits per heavy atom. The van der Waals surface area contributed by atoms with E-state index in [2.05, 4.69) is 10.6 Å². The zero-order valence-corrected chi connectivity index (χ0v) is 24.3. The van der Waals surface area contributed by atoms with E-state index in [1.165, 1.54) is 0 Å². The van der Waals surface area contributed by atoms with Crippen molar-refractivity contribution in [1.82, 2.24) is 10.2 Å². The predicted molar refractivity (Wildman–Crippen MR) is 153 cm³/mol. The van der Waals surface area contributed by atoms with Crippen LogP contribution >= 0.6 is 0 Å². The Kier molecular flexibility index (Phi) is 11.4. The third kappa shape index (κ3) is 9.51. The number of nitrogens with zero attached hydrogens (tertiary/aromatic N) is 1. The summed E-state index contributed by atoms with van der Waals surface area (Å²) in [4.78, 5) is 42.4. The molecule has 0 aliphatic rings. The van der Waals surface area contributed by atoms with Crippen molar-refractivity contribution in [3.8, 4) is 0 Å². The second-order valence-corrected chi connectivity index (χ2v) is 11.3. The second-order valence-electron chi connectivity index (χ2n) is 11.3. The molecule has 3 amide bonds. The van der Waals surface area contributed by atoms with Gasteiger partial charge < -0.3 is 20.3 Å². The van der Waals surface area contributed by atoms with Crippen molar-refractivity contribution in [3.63, 3.8) is 0 Å². The molecule has 0 heterocycles. The molecule has 208 valence electrons. The molecule has 0 saturated carbocycles. The molecular formula is C31H45N3O4. The highest BCUT2D eigenvalue weighted by molar-refractivity contribution is 5.99. The van der Waals surface area contributed by atoms with Gasteiger partial charge in [0.25, 0.3) is 5.91 Å². The lowest BCUT2D eigenvalue weighted by Crippen LogP contribution is -2.53. The third-order valence-corrected chi connectivity index (χ3v) is 6.09. The molecule has 0 bridgehead atoms. The Balaban J connectivity index is 2.52. The van der Waals surface area contributed by atoms with Crippen molar-refractivity contribution < 1.29 is 19.1 Å². The molecule has 2 atom stereocenters. The summed E-state index contributed by atoms with van der Waals surface area (Å²) in [7, 11) is 0. The van der Waals surface area contributed by atoms with Crippen LogP contribution in [-0.2, 0) is 14.3 Å². The molecular weight excluding hydrogens is 478 g/mol. The summed E-state index contributed by atoms with van der Waals surface area (Å²) in [5, 5.41) is 5.83. The first-order chi connectivity index (χ1) is 17.8. The molecule has 38 heavy (non-hydrogen) atoms. The van der Waals surface area contributed by atoms with E-state index >= 15 is 0 Å². The summed E-state index contributed by atoms with van der Waals surface area (Å²) in [5.41, 5.74) is 2.70. The van der Waals surface area contributed by atoms with Gasteiger partial charge in [0.2, 0.25) is 5.91 Å². The smallest absolute Gasteiger partial charge is 0.408 e. The lowest BCUT2D eigenvalue weighted by molar-refractivity contribution is -0.141. The zero-order valence-electron chi connectivity index (χ0n) is 24.3. The monoisotopic (exact) mass is 523 g/mol. The van der Waals surface area contributed by atoms with Gasteiger partial charge in [-0.05, 0) is 70.6 Å². The summed E-state index contributed by atoms with van der Waals surface area (Å²) >= 11 is 0. The van der Waals surface area contributed by atoms with Crippen molar-refractivity contribution >= 4 is 23.6 Å². The SMILES string of the molecule is CCCCN(C(=O)C(CC(C)C)NC(=O)OC(C)(C)C)C(C(=O)Nc1ccccc1C)c1ccc(C)cc1. The number of para-hydroxylation sites is 1. The highest BCUT2D eigenvalue weighted by Crippen LogP contribution is 2.27. The van der Waals surface area contributed by atoms with Gasteiger partial charge >= 0.3 is 6.09 Å². The molecule has 2 N–H and O–H groups in total. The molecule has 0 spiro atoms. The average Bonchev–Trinajstić information content (AvgIpc) is 2.81. The zero-order chi connectivity index (χ0) is 28.5. The predicted octanol–water partition coefficient (Wildman–Crippen LogP) is 6.55. The summed E-state index contributed by atoms with van der Waals surface area (Å²) in [6.45, 7) is 15.7.